The number of non-ortho nitro benzene ring substituents is 1. The van der Waals surface area contributed by atoms with E-state index in [1.54, 1.807) is 12.1 Å². The quantitative estimate of drug-likeness (QED) is 0.509. The van der Waals surface area contributed by atoms with Crippen LogP contribution in [0.25, 0.3) is 11.3 Å². The maximum Gasteiger partial charge on any atom is 0.270 e. The lowest BCUT2D eigenvalue weighted by Gasteiger charge is -2.49. The van der Waals surface area contributed by atoms with Crippen LogP contribution in [0.1, 0.15) is 50.7 Å². The first-order chi connectivity index (χ1) is 14.7. The van der Waals surface area contributed by atoms with Gasteiger partial charge in [0.15, 0.2) is 0 Å². The Morgan fingerprint density at radius 3 is 2.70 bits per heavy atom. The number of rotatable bonds is 5. The van der Waals surface area contributed by atoms with Crippen molar-refractivity contribution >= 4 is 5.69 Å². The van der Waals surface area contributed by atoms with Crippen LogP contribution >= 0.6 is 0 Å². The minimum absolute atomic E-state index is 0.0974. The minimum atomic E-state index is -0.358. The zero-order valence-electron chi connectivity index (χ0n) is 17.5. The van der Waals surface area contributed by atoms with Crippen LogP contribution < -0.4 is 0 Å². The highest BCUT2D eigenvalue weighted by Crippen LogP contribution is 2.38. The molecule has 2 aromatic rings. The highest BCUT2D eigenvalue weighted by Gasteiger charge is 2.43. The number of furan rings is 1. The van der Waals surface area contributed by atoms with Crippen LogP contribution in [0.5, 0.6) is 0 Å². The second kappa shape index (κ2) is 8.52. The average molecular weight is 410 g/mol. The lowest BCUT2D eigenvalue weighted by molar-refractivity contribution is -0.384. The molecule has 30 heavy (non-hydrogen) atoms. The molecule has 2 unspecified atom stereocenters. The van der Waals surface area contributed by atoms with Gasteiger partial charge in [-0.25, -0.2) is 0 Å². The summed E-state index contributed by atoms with van der Waals surface area (Å²) in [5.74, 6) is 2.47. The average Bonchev–Trinajstić information content (AvgIpc) is 3.44. The summed E-state index contributed by atoms with van der Waals surface area (Å²) in [6.45, 7) is 4.36. The Kier molecular flexibility index (Phi) is 5.61. The summed E-state index contributed by atoms with van der Waals surface area (Å²) in [5, 5.41) is 11.1. The van der Waals surface area contributed by atoms with Crippen LogP contribution in [-0.4, -0.2) is 46.4 Å². The summed E-state index contributed by atoms with van der Waals surface area (Å²) in [7, 11) is 0. The fraction of sp³-hybridized carbons (Fsp3) is 0.583. The number of benzene rings is 1. The molecular formula is C24H31N3O3. The van der Waals surface area contributed by atoms with E-state index in [-0.39, 0.29) is 10.6 Å². The van der Waals surface area contributed by atoms with Crippen molar-refractivity contribution in [2.75, 3.05) is 19.6 Å². The van der Waals surface area contributed by atoms with Crippen LogP contribution in [0.3, 0.4) is 0 Å². The number of nitro benzene ring substituents is 1. The largest absolute Gasteiger partial charge is 0.460 e. The van der Waals surface area contributed by atoms with Crippen LogP contribution in [0.15, 0.2) is 40.8 Å². The van der Waals surface area contributed by atoms with E-state index in [0.717, 1.165) is 36.9 Å². The molecule has 3 aliphatic rings. The van der Waals surface area contributed by atoms with Gasteiger partial charge in [-0.3, -0.25) is 19.9 Å². The molecule has 3 fully saturated rings. The van der Waals surface area contributed by atoms with Gasteiger partial charge in [0.05, 0.1) is 11.5 Å². The Hall–Kier alpha value is -2.18. The van der Waals surface area contributed by atoms with E-state index >= 15 is 0 Å². The van der Waals surface area contributed by atoms with Gasteiger partial charge in [0.1, 0.15) is 11.5 Å². The lowest BCUT2D eigenvalue weighted by Crippen LogP contribution is -2.59. The van der Waals surface area contributed by atoms with Crippen molar-refractivity contribution in [1.29, 1.82) is 0 Å². The number of nitrogens with zero attached hydrogens (tertiary/aromatic N) is 3. The third-order valence-corrected chi connectivity index (χ3v) is 7.40. The summed E-state index contributed by atoms with van der Waals surface area (Å²) >= 11 is 0. The summed E-state index contributed by atoms with van der Waals surface area (Å²) in [6, 6.07) is 12.0. The van der Waals surface area contributed by atoms with Crippen molar-refractivity contribution in [3.8, 4) is 11.3 Å². The molecule has 0 amide bonds. The molecule has 3 heterocycles. The number of piperazine rings is 1. The highest BCUT2D eigenvalue weighted by atomic mass is 16.6. The van der Waals surface area contributed by atoms with Crippen molar-refractivity contribution < 1.29 is 9.34 Å². The fourth-order valence-corrected chi connectivity index (χ4v) is 6.03. The lowest BCUT2D eigenvalue weighted by atomic mass is 9.78. The van der Waals surface area contributed by atoms with Crippen molar-refractivity contribution in [2.24, 2.45) is 5.92 Å². The Bertz CT molecular complexity index is 889. The molecule has 1 aromatic heterocycles. The van der Waals surface area contributed by atoms with E-state index in [4.69, 9.17) is 4.42 Å². The first kappa shape index (κ1) is 19.8. The Morgan fingerprint density at radius 2 is 1.87 bits per heavy atom. The third kappa shape index (κ3) is 3.91. The predicted octanol–water partition coefficient (Wildman–Crippen LogP) is 5.08. The second-order valence-electron chi connectivity index (χ2n) is 9.18. The van der Waals surface area contributed by atoms with Crippen LogP contribution in [0.2, 0.25) is 0 Å². The summed E-state index contributed by atoms with van der Waals surface area (Å²) in [4.78, 5) is 16.1. The van der Waals surface area contributed by atoms with Crippen molar-refractivity contribution in [3.05, 3.63) is 52.3 Å². The molecule has 1 saturated carbocycles. The molecule has 0 N–H and O–H groups in total. The van der Waals surface area contributed by atoms with E-state index in [1.807, 2.05) is 18.2 Å². The van der Waals surface area contributed by atoms with E-state index in [1.165, 1.54) is 57.6 Å². The summed E-state index contributed by atoms with van der Waals surface area (Å²) in [5.41, 5.74) is 0.861. The number of fused-ring (bicyclic) bond motifs is 1. The molecule has 6 nitrogen and oxygen atoms in total. The Labute approximate surface area is 178 Å². The van der Waals surface area contributed by atoms with Gasteiger partial charge < -0.3 is 4.42 Å². The van der Waals surface area contributed by atoms with Crippen LogP contribution in [0, 0.1) is 16.0 Å². The van der Waals surface area contributed by atoms with Crippen molar-refractivity contribution in [1.82, 2.24) is 9.80 Å². The van der Waals surface area contributed by atoms with Gasteiger partial charge in [-0.1, -0.05) is 31.4 Å². The van der Waals surface area contributed by atoms with E-state index in [2.05, 4.69) is 9.80 Å². The van der Waals surface area contributed by atoms with Gasteiger partial charge in [0, 0.05) is 42.9 Å². The SMILES string of the molecule is O=[N+]([O-])c1cccc(-c2ccc(CN3CCN4CCCC4C3C3CCCCC3)o2)c1. The van der Waals surface area contributed by atoms with Gasteiger partial charge in [-0.05, 0) is 50.3 Å². The zero-order valence-corrected chi connectivity index (χ0v) is 17.5. The van der Waals surface area contributed by atoms with Gasteiger partial charge in [-0.15, -0.1) is 0 Å². The molecule has 6 heteroatoms. The molecule has 0 bridgehead atoms. The van der Waals surface area contributed by atoms with Gasteiger partial charge in [-0.2, -0.15) is 0 Å². The normalized spacial score (nSPS) is 26.0. The first-order valence-electron chi connectivity index (χ1n) is 11.5. The van der Waals surface area contributed by atoms with Crippen LogP contribution in [-0.2, 0) is 6.54 Å². The molecule has 5 rings (SSSR count). The molecule has 1 aliphatic carbocycles. The molecule has 0 spiro atoms. The maximum atomic E-state index is 11.1. The maximum absolute atomic E-state index is 11.1. The topological polar surface area (TPSA) is 62.8 Å². The molecule has 2 aliphatic heterocycles. The van der Waals surface area contributed by atoms with Crippen LogP contribution in [0.4, 0.5) is 5.69 Å². The zero-order chi connectivity index (χ0) is 20.5. The molecule has 160 valence electrons. The summed E-state index contributed by atoms with van der Waals surface area (Å²) < 4.78 is 6.18. The molecule has 2 atom stereocenters. The van der Waals surface area contributed by atoms with Crippen molar-refractivity contribution in [3.63, 3.8) is 0 Å². The fourth-order valence-electron chi connectivity index (χ4n) is 6.03. The standard InChI is InChI=1S/C24H31N3O3/c28-27(29)20-9-4-8-19(16-20)23-12-11-21(30-23)17-26-15-14-25-13-5-10-22(25)24(26)18-6-2-1-3-7-18/h4,8-9,11-12,16,18,22,24H,1-3,5-7,10,13-15,17H2. The van der Waals surface area contributed by atoms with Gasteiger partial charge in [0.25, 0.3) is 5.69 Å². The monoisotopic (exact) mass is 409 g/mol. The second-order valence-corrected chi connectivity index (χ2v) is 9.18. The molecule has 1 aromatic carbocycles. The summed E-state index contributed by atoms with van der Waals surface area (Å²) in [6.07, 6.45) is 9.53. The van der Waals surface area contributed by atoms with E-state index < -0.39 is 0 Å². The van der Waals surface area contributed by atoms with E-state index in [0.29, 0.717) is 17.8 Å². The Morgan fingerprint density at radius 1 is 1.00 bits per heavy atom. The van der Waals surface area contributed by atoms with Crippen molar-refractivity contribution in [2.45, 2.75) is 63.6 Å². The minimum Gasteiger partial charge on any atom is -0.460 e. The molecule has 0 radical (unpaired) electrons. The highest BCUT2D eigenvalue weighted by molar-refractivity contribution is 5.61. The first-order valence-corrected chi connectivity index (χ1v) is 11.5. The Balaban J connectivity index is 1.35. The smallest absolute Gasteiger partial charge is 0.270 e. The molecular weight excluding hydrogens is 378 g/mol. The number of hydrogen-bond donors (Lipinski definition) is 0. The van der Waals surface area contributed by atoms with Gasteiger partial charge in [0.2, 0.25) is 0 Å². The van der Waals surface area contributed by atoms with Gasteiger partial charge >= 0.3 is 0 Å². The number of nitro groups is 1. The third-order valence-electron chi connectivity index (χ3n) is 7.40. The van der Waals surface area contributed by atoms with E-state index in [9.17, 15) is 10.1 Å². The molecule has 2 saturated heterocycles. The number of hydrogen-bond acceptors (Lipinski definition) is 5. The predicted molar refractivity (Wildman–Crippen MR) is 116 cm³/mol.